The van der Waals surface area contributed by atoms with Crippen molar-refractivity contribution >= 4 is 33.2 Å². The number of esters is 1. The van der Waals surface area contributed by atoms with E-state index in [1.165, 1.54) is 24.5 Å². The fraction of sp³-hybridized carbons (Fsp3) is 0.278. The van der Waals surface area contributed by atoms with E-state index in [9.17, 15) is 14.3 Å². The lowest BCUT2D eigenvalue weighted by Crippen LogP contribution is -2.16. The highest BCUT2D eigenvalue weighted by Crippen LogP contribution is 2.39. The molecule has 0 saturated carbocycles. The molecule has 0 radical (unpaired) electrons. The van der Waals surface area contributed by atoms with Crippen molar-refractivity contribution in [1.29, 1.82) is 0 Å². The molecule has 0 fully saturated rings. The van der Waals surface area contributed by atoms with Crippen LogP contribution in [0.3, 0.4) is 0 Å². The van der Waals surface area contributed by atoms with Crippen molar-refractivity contribution in [3.8, 4) is 17.1 Å². The monoisotopic (exact) mass is 467 g/mol. The number of thiazole rings is 1. The fourth-order valence-electron chi connectivity index (χ4n) is 3.19. The lowest BCUT2D eigenvalue weighted by molar-refractivity contribution is 0.0588. The number of hydrogen-bond donors (Lipinski definition) is 1. The fourth-order valence-corrected chi connectivity index (χ4v) is 4.32. The average molecular weight is 468 g/mol. The van der Waals surface area contributed by atoms with Crippen molar-refractivity contribution in [2.24, 2.45) is 0 Å². The van der Waals surface area contributed by atoms with E-state index >= 15 is 0 Å². The molecule has 0 amide bonds. The van der Waals surface area contributed by atoms with Gasteiger partial charge in [-0.25, -0.2) is 19.2 Å². The number of aryl methyl sites for hydroxylation is 1. The summed E-state index contributed by atoms with van der Waals surface area (Å²) in [6.45, 7) is 2.32. The molecule has 0 saturated heterocycles. The number of rotatable bonds is 3. The van der Waals surface area contributed by atoms with Crippen LogP contribution in [0.15, 0.2) is 22.1 Å². The van der Waals surface area contributed by atoms with Gasteiger partial charge in [0.1, 0.15) is 30.1 Å². The van der Waals surface area contributed by atoms with Crippen molar-refractivity contribution in [2.75, 3.05) is 13.7 Å². The van der Waals surface area contributed by atoms with Crippen LogP contribution in [-0.2, 0) is 11.3 Å². The number of nitrogens with zero attached hydrogens (tertiary/aromatic N) is 3. The zero-order valence-electron chi connectivity index (χ0n) is 14.9. The largest absolute Gasteiger partial charge is 0.491 e. The highest BCUT2D eigenvalue weighted by Gasteiger charge is 2.33. The lowest BCUT2D eigenvalue weighted by Gasteiger charge is -2.15. The zero-order chi connectivity index (χ0) is 20.0. The first-order valence-electron chi connectivity index (χ1n) is 8.31. The number of imidazole rings is 1. The van der Waals surface area contributed by atoms with Gasteiger partial charge in [0, 0.05) is 6.07 Å². The zero-order valence-corrected chi connectivity index (χ0v) is 17.3. The Labute approximate surface area is 171 Å². The van der Waals surface area contributed by atoms with Gasteiger partial charge in [-0.3, -0.25) is 0 Å². The summed E-state index contributed by atoms with van der Waals surface area (Å²) in [5.41, 5.74) is 3.11. The Bertz CT molecular complexity index is 1080. The van der Waals surface area contributed by atoms with Crippen LogP contribution in [0.25, 0.3) is 11.4 Å². The molecule has 1 atom stereocenters. The molecule has 3 heterocycles. The van der Waals surface area contributed by atoms with Crippen LogP contribution in [-0.4, -0.2) is 39.3 Å². The molecule has 1 aliphatic heterocycles. The maximum Gasteiger partial charge on any atom is 0.358 e. The van der Waals surface area contributed by atoms with E-state index in [1.54, 1.807) is 23.1 Å². The van der Waals surface area contributed by atoms with E-state index < -0.39 is 17.9 Å². The Kier molecular flexibility index (Phi) is 4.94. The van der Waals surface area contributed by atoms with E-state index in [0.717, 1.165) is 0 Å². The number of fused-ring (bicyclic) bond motifs is 3. The Morgan fingerprint density at radius 3 is 2.96 bits per heavy atom. The van der Waals surface area contributed by atoms with E-state index in [2.05, 4.69) is 25.9 Å². The lowest BCUT2D eigenvalue weighted by atomic mass is 10.1. The molecule has 2 aromatic heterocycles. The number of benzene rings is 1. The molecule has 1 N–H and O–H groups in total. The van der Waals surface area contributed by atoms with E-state index in [1.807, 2.05) is 0 Å². The van der Waals surface area contributed by atoms with Crippen LogP contribution in [0, 0.1) is 12.7 Å². The first-order valence-corrected chi connectivity index (χ1v) is 9.98. The smallest absolute Gasteiger partial charge is 0.358 e. The first-order chi connectivity index (χ1) is 13.4. The SMILES string of the molecule is COC(=O)c1nc2n(c1C(O)c1scnc1C)CCOc1cc(F)c(Br)cc1-2. The number of aliphatic hydroxyl groups excluding tert-OH is 1. The predicted molar refractivity (Wildman–Crippen MR) is 103 cm³/mol. The summed E-state index contributed by atoms with van der Waals surface area (Å²) in [4.78, 5) is 21.6. The molecule has 0 bridgehead atoms. The van der Waals surface area contributed by atoms with Crippen molar-refractivity contribution in [2.45, 2.75) is 19.6 Å². The summed E-state index contributed by atoms with van der Waals surface area (Å²) < 4.78 is 26.5. The standard InChI is InChI=1S/C18H15BrFN3O4S/c1-8-16(28-7-21-8)15(24)14-13(18(25)26-2)22-17-9-5-10(19)11(20)6-12(9)27-4-3-23(14)17/h5-7,15,24H,3-4H2,1-2H3. The van der Waals surface area contributed by atoms with Crippen molar-refractivity contribution in [3.63, 3.8) is 0 Å². The van der Waals surface area contributed by atoms with Gasteiger partial charge in [-0.05, 0) is 28.9 Å². The van der Waals surface area contributed by atoms with Crippen LogP contribution in [0.4, 0.5) is 4.39 Å². The summed E-state index contributed by atoms with van der Waals surface area (Å²) in [6, 6.07) is 2.81. The van der Waals surface area contributed by atoms with Gasteiger partial charge in [-0.15, -0.1) is 11.3 Å². The third-order valence-electron chi connectivity index (χ3n) is 4.51. The summed E-state index contributed by atoms with van der Waals surface area (Å²) in [6.07, 6.45) is -1.12. The average Bonchev–Trinajstić information content (AvgIpc) is 3.23. The molecule has 4 rings (SSSR count). The van der Waals surface area contributed by atoms with Crippen LogP contribution >= 0.6 is 27.3 Å². The van der Waals surface area contributed by atoms with Gasteiger partial charge < -0.3 is 19.1 Å². The van der Waals surface area contributed by atoms with Crippen molar-refractivity contribution in [1.82, 2.24) is 14.5 Å². The molecular weight excluding hydrogens is 453 g/mol. The van der Waals surface area contributed by atoms with Crippen LogP contribution in [0.1, 0.15) is 32.9 Å². The minimum absolute atomic E-state index is 0.00565. The van der Waals surface area contributed by atoms with Crippen molar-refractivity contribution < 1.29 is 23.8 Å². The van der Waals surface area contributed by atoms with Gasteiger partial charge in [0.15, 0.2) is 5.69 Å². The van der Waals surface area contributed by atoms with Gasteiger partial charge in [0.05, 0.1) is 45.5 Å². The third kappa shape index (κ3) is 3.01. The molecule has 1 unspecified atom stereocenters. The maximum absolute atomic E-state index is 14.0. The van der Waals surface area contributed by atoms with Gasteiger partial charge >= 0.3 is 5.97 Å². The van der Waals surface area contributed by atoms with Gasteiger partial charge in [0.2, 0.25) is 0 Å². The number of halogens is 2. The van der Waals surface area contributed by atoms with E-state index in [4.69, 9.17) is 9.47 Å². The number of methoxy groups -OCH3 is 1. The summed E-state index contributed by atoms with van der Waals surface area (Å²) in [5, 5.41) is 11.1. The second-order valence-electron chi connectivity index (χ2n) is 6.13. The topological polar surface area (TPSA) is 86.5 Å². The Balaban J connectivity index is 1.97. The Hall–Kier alpha value is -2.30. The highest BCUT2D eigenvalue weighted by atomic mass is 79.9. The third-order valence-corrected chi connectivity index (χ3v) is 6.10. The molecule has 7 nitrogen and oxygen atoms in total. The second-order valence-corrected chi connectivity index (χ2v) is 7.87. The number of aliphatic hydroxyl groups is 1. The number of ether oxygens (including phenoxy) is 2. The quantitative estimate of drug-likeness (QED) is 0.593. The predicted octanol–water partition coefficient (Wildman–Crippen LogP) is 3.48. The molecule has 1 aliphatic rings. The molecule has 28 heavy (non-hydrogen) atoms. The first kappa shape index (κ1) is 19.0. The van der Waals surface area contributed by atoms with Crippen molar-refractivity contribution in [3.05, 3.63) is 49.9 Å². The normalized spacial score (nSPS) is 13.9. The van der Waals surface area contributed by atoms with Crippen LogP contribution in [0.2, 0.25) is 0 Å². The van der Waals surface area contributed by atoms with Crippen LogP contribution < -0.4 is 4.74 Å². The summed E-state index contributed by atoms with van der Waals surface area (Å²) in [5.74, 6) is -0.423. The molecule has 146 valence electrons. The number of aromatic nitrogens is 3. The number of hydrogen-bond acceptors (Lipinski definition) is 7. The molecule has 10 heteroatoms. The number of carbonyl (C=O) groups excluding carboxylic acids is 1. The van der Waals surface area contributed by atoms with Gasteiger partial charge in [0.25, 0.3) is 0 Å². The summed E-state index contributed by atoms with van der Waals surface area (Å²) in [7, 11) is 1.25. The Morgan fingerprint density at radius 2 is 2.29 bits per heavy atom. The maximum atomic E-state index is 14.0. The molecule has 0 aliphatic carbocycles. The molecular formula is C18H15BrFN3O4S. The molecule has 3 aromatic rings. The second kappa shape index (κ2) is 7.26. The van der Waals surface area contributed by atoms with E-state index in [-0.39, 0.29) is 16.8 Å². The minimum atomic E-state index is -1.12. The molecule has 1 aromatic carbocycles. The van der Waals surface area contributed by atoms with Crippen LogP contribution in [0.5, 0.6) is 5.75 Å². The Morgan fingerprint density at radius 1 is 1.50 bits per heavy atom. The molecule has 0 spiro atoms. The minimum Gasteiger partial charge on any atom is -0.491 e. The summed E-state index contributed by atoms with van der Waals surface area (Å²) >= 11 is 4.46. The number of carbonyl (C=O) groups is 1. The van der Waals surface area contributed by atoms with E-state index in [0.29, 0.717) is 39.9 Å². The van der Waals surface area contributed by atoms with Gasteiger partial charge in [-0.2, -0.15) is 0 Å². The highest BCUT2D eigenvalue weighted by molar-refractivity contribution is 9.10. The van der Waals surface area contributed by atoms with Gasteiger partial charge in [-0.1, -0.05) is 0 Å².